The van der Waals surface area contributed by atoms with E-state index in [4.69, 9.17) is 0 Å². The molecule has 134 valence electrons. The van der Waals surface area contributed by atoms with Crippen molar-refractivity contribution < 1.29 is 9.90 Å². The average Bonchev–Trinajstić information content (AvgIpc) is 2.54. The number of hydrogen-bond donors (Lipinski definition) is 1. The lowest BCUT2D eigenvalue weighted by atomic mass is 9.69. The van der Waals surface area contributed by atoms with Crippen LogP contribution in [0.5, 0.6) is 0 Å². The van der Waals surface area contributed by atoms with Gasteiger partial charge in [0.15, 0.2) is 0 Å². The number of ketones is 1. The molecule has 0 aromatic heterocycles. The Morgan fingerprint density at radius 3 is 2.17 bits per heavy atom. The van der Waals surface area contributed by atoms with Crippen LogP contribution in [0.4, 0.5) is 0 Å². The van der Waals surface area contributed by atoms with Gasteiger partial charge in [0.1, 0.15) is 5.78 Å². The molecule has 0 aliphatic heterocycles. The van der Waals surface area contributed by atoms with Crippen LogP contribution in [0, 0.1) is 12.8 Å². The molecule has 3 atom stereocenters. The van der Waals surface area contributed by atoms with Crippen molar-refractivity contribution in [3.05, 3.63) is 34.4 Å². The number of Topliss-reactive ketones (excluding diaryl/α,β-unsaturated/α-hetero) is 1. The first kappa shape index (κ1) is 19.5. The predicted octanol–water partition coefficient (Wildman–Crippen LogP) is 4.69. The molecule has 0 heterocycles. The van der Waals surface area contributed by atoms with Crippen LogP contribution < -0.4 is 0 Å². The van der Waals surface area contributed by atoms with E-state index in [9.17, 15) is 9.90 Å². The maximum absolute atomic E-state index is 13.0. The molecule has 24 heavy (non-hydrogen) atoms. The third-order valence-electron chi connectivity index (χ3n) is 5.78. The number of carbonyl (C=O) groups is 1. The topological polar surface area (TPSA) is 37.3 Å². The van der Waals surface area contributed by atoms with Crippen molar-refractivity contribution in [3.63, 3.8) is 0 Å². The Labute approximate surface area is 151 Å². The molecule has 1 aromatic rings. The second-order valence-electron chi connectivity index (χ2n) is 7.66. The van der Waals surface area contributed by atoms with Gasteiger partial charge in [-0.05, 0) is 55.1 Å². The lowest BCUT2D eigenvalue weighted by Gasteiger charge is -2.41. The Morgan fingerprint density at radius 1 is 1.21 bits per heavy atom. The molecule has 1 N–H and O–H groups in total. The summed E-state index contributed by atoms with van der Waals surface area (Å²) in [6.07, 6.45) is 4.62. The fraction of sp³-hybridized carbons (Fsp3) is 0.667. The van der Waals surface area contributed by atoms with Crippen LogP contribution in [0.15, 0.2) is 12.1 Å². The van der Waals surface area contributed by atoms with Crippen molar-refractivity contribution in [1.82, 2.24) is 0 Å². The zero-order valence-electron chi connectivity index (χ0n) is 16.0. The number of aliphatic hydroxyl groups excluding tert-OH is 1. The summed E-state index contributed by atoms with van der Waals surface area (Å²) in [5.74, 6) is 0.116. The molecular weight excluding hydrogens is 316 g/mol. The Balaban J connectivity index is 2.42. The van der Waals surface area contributed by atoms with Crippen molar-refractivity contribution in [2.24, 2.45) is 5.92 Å². The molecule has 1 aliphatic rings. The van der Waals surface area contributed by atoms with Gasteiger partial charge in [0.2, 0.25) is 0 Å². The van der Waals surface area contributed by atoms with E-state index in [2.05, 4.69) is 53.0 Å². The number of rotatable bonds is 5. The second-order valence-corrected chi connectivity index (χ2v) is 9.12. The van der Waals surface area contributed by atoms with Gasteiger partial charge in [-0.2, -0.15) is 11.8 Å². The third-order valence-corrected chi connectivity index (χ3v) is 7.17. The van der Waals surface area contributed by atoms with Gasteiger partial charge in [0.05, 0.1) is 12.0 Å². The van der Waals surface area contributed by atoms with Crippen LogP contribution in [0.3, 0.4) is 0 Å². The fourth-order valence-corrected chi connectivity index (χ4v) is 4.60. The van der Waals surface area contributed by atoms with Crippen molar-refractivity contribution >= 4 is 17.5 Å². The predicted molar refractivity (Wildman–Crippen MR) is 104 cm³/mol. The lowest BCUT2D eigenvalue weighted by molar-refractivity contribution is -0.127. The molecule has 0 amide bonds. The van der Waals surface area contributed by atoms with Crippen LogP contribution in [-0.2, 0) is 17.6 Å². The highest BCUT2D eigenvalue weighted by atomic mass is 32.2. The molecule has 1 aromatic carbocycles. The Hall–Kier alpha value is -0.800. The van der Waals surface area contributed by atoms with E-state index >= 15 is 0 Å². The van der Waals surface area contributed by atoms with Crippen molar-refractivity contribution in [2.45, 2.75) is 77.1 Å². The zero-order valence-corrected chi connectivity index (χ0v) is 16.8. The molecule has 3 unspecified atom stereocenters. The molecule has 2 rings (SSSR count). The number of thioether (sulfide) groups is 1. The van der Waals surface area contributed by atoms with E-state index < -0.39 is 6.10 Å². The van der Waals surface area contributed by atoms with Crippen LogP contribution in [0.25, 0.3) is 0 Å². The number of carbonyl (C=O) groups excluding carboxylic acids is 1. The molecule has 0 radical (unpaired) electrons. The molecule has 0 saturated heterocycles. The van der Waals surface area contributed by atoms with E-state index in [-0.39, 0.29) is 22.4 Å². The van der Waals surface area contributed by atoms with Crippen LogP contribution in [-0.4, -0.2) is 28.0 Å². The summed E-state index contributed by atoms with van der Waals surface area (Å²) in [5.41, 5.74) is 4.81. The lowest BCUT2D eigenvalue weighted by Crippen LogP contribution is -2.42. The minimum absolute atomic E-state index is 0.0239. The molecule has 0 bridgehead atoms. The van der Waals surface area contributed by atoms with Crippen molar-refractivity contribution in [2.75, 3.05) is 6.26 Å². The first-order valence-electron chi connectivity index (χ1n) is 9.13. The molecule has 1 fully saturated rings. The monoisotopic (exact) mass is 348 g/mol. The standard InChI is InChI=1S/C21H32O2S/c1-7-14-9-13(3)10-15(8-2)19(14)20-17(22)11-16(12-18(20)23)21(4,5)24-6/h9-10,16-17,20,22H,7-8,11-12H2,1-6H3. The highest BCUT2D eigenvalue weighted by molar-refractivity contribution is 7.99. The van der Waals surface area contributed by atoms with Gasteiger partial charge in [-0.3, -0.25) is 4.79 Å². The summed E-state index contributed by atoms with van der Waals surface area (Å²) in [4.78, 5) is 13.0. The SMILES string of the molecule is CCc1cc(C)cc(CC)c1C1C(=O)CC(C(C)(C)SC)CC1O. The molecule has 1 aliphatic carbocycles. The highest BCUT2D eigenvalue weighted by Crippen LogP contribution is 2.44. The van der Waals surface area contributed by atoms with Crippen molar-refractivity contribution in [3.8, 4) is 0 Å². The molecule has 1 saturated carbocycles. The van der Waals surface area contributed by atoms with Gasteiger partial charge in [-0.25, -0.2) is 0 Å². The number of aliphatic hydroxyl groups is 1. The van der Waals surface area contributed by atoms with Gasteiger partial charge < -0.3 is 5.11 Å². The summed E-state index contributed by atoms with van der Waals surface area (Å²) < 4.78 is 0.0239. The van der Waals surface area contributed by atoms with E-state index in [0.717, 1.165) is 18.4 Å². The Morgan fingerprint density at radius 2 is 1.75 bits per heavy atom. The quantitative estimate of drug-likeness (QED) is 0.839. The van der Waals surface area contributed by atoms with E-state index in [1.165, 1.54) is 16.7 Å². The summed E-state index contributed by atoms with van der Waals surface area (Å²) >= 11 is 1.79. The Bertz CT molecular complexity index is 581. The molecule has 3 heteroatoms. The molecular formula is C21H32O2S. The zero-order chi connectivity index (χ0) is 18.1. The largest absolute Gasteiger partial charge is 0.392 e. The van der Waals surface area contributed by atoms with Crippen molar-refractivity contribution in [1.29, 1.82) is 0 Å². The number of hydrogen-bond acceptors (Lipinski definition) is 3. The molecule has 0 spiro atoms. The van der Waals surface area contributed by atoms with Gasteiger partial charge >= 0.3 is 0 Å². The van der Waals surface area contributed by atoms with Gasteiger partial charge in [0.25, 0.3) is 0 Å². The van der Waals surface area contributed by atoms with E-state index in [1.54, 1.807) is 11.8 Å². The second kappa shape index (κ2) is 7.61. The van der Waals surface area contributed by atoms with Gasteiger partial charge in [-0.1, -0.05) is 45.4 Å². The number of aryl methyl sites for hydroxylation is 3. The van der Waals surface area contributed by atoms with E-state index in [1.807, 2.05) is 0 Å². The first-order chi connectivity index (χ1) is 11.2. The minimum atomic E-state index is -0.569. The highest BCUT2D eigenvalue weighted by Gasteiger charge is 2.43. The minimum Gasteiger partial charge on any atom is -0.392 e. The smallest absolute Gasteiger partial charge is 0.143 e. The summed E-state index contributed by atoms with van der Waals surface area (Å²) in [5, 5.41) is 10.9. The van der Waals surface area contributed by atoms with Crippen LogP contribution in [0.2, 0.25) is 0 Å². The maximum Gasteiger partial charge on any atom is 0.143 e. The first-order valence-corrected chi connectivity index (χ1v) is 10.4. The molecule has 2 nitrogen and oxygen atoms in total. The summed E-state index contributed by atoms with van der Waals surface area (Å²) in [6, 6.07) is 4.37. The van der Waals surface area contributed by atoms with Crippen LogP contribution in [0.1, 0.15) is 68.7 Å². The van der Waals surface area contributed by atoms with Gasteiger partial charge in [0, 0.05) is 11.2 Å². The Kier molecular flexibility index (Phi) is 6.19. The van der Waals surface area contributed by atoms with E-state index in [0.29, 0.717) is 12.8 Å². The van der Waals surface area contributed by atoms with Crippen LogP contribution >= 0.6 is 11.8 Å². The fourth-order valence-electron chi connectivity index (χ4n) is 4.08. The average molecular weight is 349 g/mol. The normalized spacial score (nSPS) is 25.1. The summed E-state index contributed by atoms with van der Waals surface area (Å²) in [6.45, 7) is 10.7. The maximum atomic E-state index is 13.0. The summed E-state index contributed by atoms with van der Waals surface area (Å²) in [7, 11) is 0. The third kappa shape index (κ3) is 3.72. The number of benzene rings is 1. The van der Waals surface area contributed by atoms with Gasteiger partial charge in [-0.15, -0.1) is 0 Å².